The standard InChI is InChI=1S/C12H18N4O/c1-5-7-8(3)14-12(17)11-10(13)9(4)15-16(11)6-2/h1,8H,6-7,13H2,2-4H3,(H,14,17). The number of nitrogen functional groups attached to an aromatic ring is 1. The highest BCUT2D eigenvalue weighted by Gasteiger charge is 2.19. The largest absolute Gasteiger partial charge is 0.395 e. The van der Waals surface area contributed by atoms with Crippen molar-refractivity contribution in [3.63, 3.8) is 0 Å². The second-order valence-corrected chi connectivity index (χ2v) is 3.95. The average Bonchev–Trinajstić information content (AvgIpc) is 2.55. The summed E-state index contributed by atoms with van der Waals surface area (Å²) in [6.45, 7) is 6.15. The number of anilines is 1. The monoisotopic (exact) mass is 234 g/mol. The van der Waals surface area contributed by atoms with Gasteiger partial charge in [0.25, 0.3) is 5.91 Å². The number of amides is 1. The average molecular weight is 234 g/mol. The first-order chi connectivity index (χ1) is 8.01. The molecule has 17 heavy (non-hydrogen) atoms. The number of aromatic nitrogens is 2. The fourth-order valence-electron chi connectivity index (χ4n) is 1.58. The Balaban J connectivity index is 2.93. The Morgan fingerprint density at radius 2 is 2.35 bits per heavy atom. The van der Waals surface area contributed by atoms with E-state index in [-0.39, 0.29) is 11.9 Å². The van der Waals surface area contributed by atoms with Crippen LogP contribution in [0.25, 0.3) is 0 Å². The van der Waals surface area contributed by atoms with Gasteiger partial charge in [-0.1, -0.05) is 0 Å². The predicted octanol–water partition coefficient (Wildman–Crippen LogP) is 0.935. The minimum atomic E-state index is -0.229. The van der Waals surface area contributed by atoms with Gasteiger partial charge in [0.1, 0.15) is 5.69 Å². The van der Waals surface area contributed by atoms with Crippen molar-refractivity contribution in [3.05, 3.63) is 11.4 Å². The van der Waals surface area contributed by atoms with Gasteiger partial charge in [0, 0.05) is 19.0 Å². The fraction of sp³-hybridized carbons (Fsp3) is 0.500. The molecule has 0 fully saturated rings. The van der Waals surface area contributed by atoms with Crippen molar-refractivity contribution in [2.24, 2.45) is 0 Å². The highest BCUT2D eigenvalue weighted by Crippen LogP contribution is 2.16. The number of carbonyl (C=O) groups excluding carboxylic acids is 1. The van der Waals surface area contributed by atoms with Crippen LogP contribution in [0.3, 0.4) is 0 Å². The maximum Gasteiger partial charge on any atom is 0.271 e. The molecule has 1 atom stereocenters. The molecule has 0 saturated carbocycles. The zero-order chi connectivity index (χ0) is 13.0. The number of carbonyl (C=O) groups is 1. The Morgan fingerprint density at radius 3 is 2.88 bits per heavy atom. The molecular weight excluding hydrogens is 216 g/mol. The number of nitrogens with two attached hydrogens (primary N) is 1. The fourth-order valence-corrected chi connectivity index (χ4v) is 1.58. The van der Waals surface area contributed by atoms with Gasteiger partial charge in [-0.05, 0) is 20.8 Å². The molecule has 1 rings (SSSR count). The number of rotatable bonds is 4. The van der Waals surface area contributed by atoms with Crippen LogP contribution in [0.15, 0.2) is 0 Å². The van der Waals surface area contributed by atoms with Crippen molar-refractivity contribution in [1.29, 1.82) is 0 Å². The topological polar surface area (TPSA) is 72.9 Å². The lowest BCUT2D eigenvalue weighted by Crippen LogP contribution is -2.34. The third-order valence-corrected chi connectivity index (χ3v) is 2.49. The van der Waals surface area contributed by atoms with Crippen molar-refractivity contribution < 1.29 is 4.79 Å². The highest BCUT2D eigenvalue weighted by molar-refractivity contribution is 5.98. The number of terminal acetylenes is 1. The van der Waals surface area contributed by atoms with Gasteiger partial charge < -0.3 is 11.1 Å². The second kappa shape index (κ2) is 5.39. The van der Waals surface area contributed by atoms with Gasteiger partial charge in [0.2, 0.25) is 0 Å². The van der Waals surface area contributed by atoms with E-state index in [0.717, 1.165) is 0 Å². The number of hydrogen-bond donors (Lipinski definition) is 2. The molecule has 0 saturated heterocycles. The Labute approximate surface area is 101 Å². The summed E-state index contributed by atoms with van der Waals surface area (Å²) in [6.07, 6.45) is 5.68. The quantitative estimate of drug-likeness (QED) is 0.761. The van der Waals surface area contributed by atoms with Crippen molar-refractivity contribution in [3.8, 4) is 12.3 Å². The van der Waals surface area contributed by atoms with Crippen LogP contribution in [0.1, 0.15) is 36.5 Å². The van der Waals surface area contributed by atoms with Gasteiger partial charge in [-0.3, -0.25) is 9.48 Å². The molecular formula is C12H18N4O. The van der Waals surface area contributed by atoms with Gasteiger partial charge in [0.15, 0.2) is 0 Å². The molecule has 5 nitrogen and oxygen atoms in total. The zero-order valence-corrected chi connectivity index (χ0v) is 10.4. The van der Waals surface area contributed by atoms with E-state index in [2.05, 4.69) is 16.3 Å². The Morgan fingerprint density at radius 1 is 1.71 bits per heavy atom. The summed E-state index contributed by atoms with van der Waals surface area (Å²) in [4.78, 5) is 12.0. The Kier molecular flexibility index (Phi) is 4.16. The van der Waals surface area contributed by atoms with Crippen LogP contribution < -0.4 is 11.1 Å². The molecule has 0 aliphatic carbocycles. The number of aryl methyl sites for hydroxylation is 2. The molecule has 0 radical (unpaired) electrons. The number of nitrogens with zero attached hydrogens (tertiary/aromatic N) is 2. The van der Waals surface area contributed by atoms with Crippen LogP contribution in [0.5, 0.6) is 0 Å². The van der Waals surface area contributed by atoms with Crippen LogP contribution in [0.4, 0.5) is 5.69 Å². The second-order valence-electron chi connectivity index (χ2n) is 3.95. The molecule has 1 heterocycles. The zero-order valence-electron chi connectivity index (χ0n) is 10.4. The molecule has 1 aromatic rings. The lowest BCUT2D eigenvalue weighted by molar-refractivity contribution is 0.0931. The first-order valence-corrected chi connectivity index (χ1v) is 5.58. The van der Waals surface area contributed by atoms with E-state index >= 15 is 0 Å². The van der Waals surface area contributed by atoms with Gasteiger partial charge >= 0.3 is 0 Å². The smallest absolute Gasteiger partial charge is 0.271 e. The molecule has 0 aliphatic rings. The molecule has 1 aromatic heterocycles. The summed E-state index contributed by atoms with van der Waals surface area (Å²) in [5.74, 6) is 2.28. The summed E-state index contributed by atoms with van der Waals surface area (Å²) < 4.78 is 1.60. The van der Waals surface area contributed by atoms with E-state index in [4.69, 9.17) is 12.2 Å². The van der Waals surface area contributed by atoms with Crippen LogP contribution >= 0.6 is 0 Å². The third-order valence-electron chi connectivity index (χ3n) is 2.49. The maximum atomic E-state index is 12.0. The molecule has 0 spiro atoms. The molecule has 0 aliphatic heterocycles. The molecule has 92 valence electrons. The first kappa shape index (κ1) is 13.1. The summed E-state index contributed by atoms with van der Waals surface area (Å²) in [5.41, 5.74) is 7.35. The van der Waals surface area contributed by atoms with Crippen molar-refractivity contribution in [1.82, 2.24) is 15.1 Å². The van der Waals surface area contributed by atoms with Crippen LogP contribution in [-0.4, -0.2) is 21.7 Å². The molecule has 3 N–H and O–H groups in total. The van der Waals surface area contributed by atoms with Crippen molar-refractivity contribution in [2.75, 3.05) is 5.73 Å². The van der Waals surface area contributed by atoms with Gasteiger partial charge in [-0.15, -0.1) is 12.3 Å². The molecule has 5 heteroatoms. The molecule has 1 unspecified atom stereocenters. The Bertz CT molecular complexity index is 456. The predicted molar refractivity (Wildman–Crippen MR) is 67.4 cm³/mol. The van der Waals surface area contributed by atoms with Crippen molar-refractivity contribution in [2.45, 2.75) is 39.8 Å². The minimum absolute atomic E-state index is 0.0765. The van der Waals surface area contributed by atoms with Gasteiger partial charge in [-0.25, -0.2) is 0 Å². The van der Waals surface area contributed by atoms with E-state index in [1.54, 1.807) is 11.6 Å². The summed E-state index contributed by atoms with van der Waals surface area (Å²) in [5, 5.41) is 7.00. The van der Waals surface area contributed by atoms with E-state index in [0.29, 0.717) is 30.0 Å². The van der Waals surface area contributed by atoms with E-state index < -0.39 is 0 Å². The molecule has 0 bridgehead atoms. The van der Waals surface area contributed by atoms with Crippen molar-refractivity contribution >= 4 is 11.6 Å². The van der Waals surface area contributed by atoms with E-state index in [9.17, 15) is 4.79 Å². The Hall–Kier alpha value is -1.96. The lowest BCUT2D eigenvalue weighted by atomic mass is 10.2. The van der Waals surface area contributed by atoms with Gasteiger partial charge in [-0.2, -0.15) is 5.10 Å². The van der Waals surface area contributed by atoms with Gasteiger partial charge in [0.05, 0.1) is 11.4 Å². The lowest BCUT2D eigenvalue weighted by Gasteiger charge is -2.12. The summed E-state index contributed by atoms with van der Waals surface area (Å²) in [7, 11) is 0. The summed E-state index contributed by atoms with van der Waals surface area (Å²) >= 11 is 0. The third kappa shape index (κ3) is 2.78. The molecule has 1 amide bonds. The van der Waals surface area contributed by atoms with Crippen LogP contribution in [-0.2, 0) is 6.54 Å². The summed E-state index contributed by atoms with van der Waals surface area (Å²) in [6, 6.07) is -0.0765. The van der Waals surface area contributed by atoms with E-state index in [1.165, 1.54) is 0 Å². The normalized spacial score (nSPS) is 11.9. The number of hydrogen-bond acceptors (Lipinski definition) is 3. The first-order valence-electron chi connectivity index (χ1n) is 5.58. The van der Waals surface area contributed by atoms with E-state index in [1.807, 2.05) is 13.8 Å². The highest BCUT2D eigenvalue weighted by atomic mass is 16.2. The SMILES string of the molecule is C#CCC(C)NC(=O)c1c(N)c(C)nn1CC. The molecule has 0 aromatic carbocycles. The minimum Gasteiger partial charge on any atom is -0.395 e. The van der Waals surface area contributed by atoms with Crippen LogP contribution in [0, 0.1) is 19.3 Å². The maximum absolute atomic E-state index is 12.0. The number of nitrogens with one attached hydrogen (secondary N) is 1. The van der Waals surface area contributed by atoms with Crippen LogP contribution in [0.2, 0.25) is 0 Å².